The molecule has 2 rings (SSSR count). The maximum atomic E-state index is 12.1. The lowest BCUT2D eigenvalue weighted by Crippen LogP contribution is -2.30. The van der Waals surface area contributed by atoms with Crippen LogP contribution in [0.4, 0.5) is 0 Å². The van der Waals surface area contributed by atoms with Crippen molar-refractivity contribution in [3.8, 4) is 0 Å². The molecule has 2 heterocycles. The van der Waals surface area contributed by atoms with E-state index in [1.807, 2.05) is 11.8 Å². The van der Waals surface area contributed by atoms with Gasteiger partial charge in [-0.3, -0.25) is 4.79 Å². The van der Waals surface area contributed by atoms with Gasteiger partial charge in [0.05, 0.1) is 6.10 Å². The molecule has 106 valence electrons. The molecule has 1 fully saturated rings. The molecular formula is C15H23NO2S. The molecule has 1 aromatic heterocycles. The van der Waals surface area contributed by atoms with E-state index in [0.29, 0.717) is 6.42 Å². The Kier molecular flexibility index (Phi) is 4.99. The van der Waals surface area contributed by atoms with Gasteiger partial charge in [-0.25, -0.2) is 0 Å². The van der Waals surface area contributed by atoms with Crippen molar-refractivity contribution in [1.29, 1.82) is 0 Å². The summed E-state index contributed by atoms with van der Waals surface area (Å²) in [5.41, 5.74) is 1.34. The van der Waals surface area contributed by atoms with Gasteiger partial charge in [-0.1, -0.05) is 0 Å². The van der Waals surface area contributed by atoms with Gasteiger partial charge in [0.25, 0.3) is 0 Å². The monoisotopic (exact) mass is 281 g/mol. The molecule has 0 saturated carbocycles. The standard InChI is InChI=1S/C15H23NO2S/c1-11-7-9-19-14(11)4-3-5-15(18)16-8-6-13(10-16)12(2)17/h7,9,12-13,17H,3-6,8,10H2,1-2H3. The van der Waals surface area contributed by atoms with Crippen LogP contribution in [0.1, 0.15) is 36.6 Å². The highest BCUT2D eigenvalue weighted by Crippen LogP contribution is 2.22. The van der Waals surface area contributed by atoms with Gasteiger partial charge in [0.2, 0.25) is 5.91 Å². The van der Waals surface area contributed by atoms with Gasteiger partial charge >= 0.3 is 0 Å². The molecule has 0 radical (unpaired) electrons. The number of aliphatic hydroxyl groups is 1. The number of aryl methyl sites for hydroxylation is 2. The zero-order chi connectivity index (χ0) is 13.8. The Bertz CT molecular complexity index is 428. The molecule has 1 aliphatic rings. The molecule has 0 aliphatic carbocycles. The first-order chi connectivity index (χ1) is 9.08. The minimum Gasteiger partial charge on any atom is -0.393 e. The zero-order valence-electron chi connectivity index (χ0n) is 11.8. The number of aliphatic hydroxyl groups excluding tert-OH is 1. The van der Waals surface area contributed by atoms with Gasteiger partial charge < -0.3 is 10.0 Å². The fourth-order valence-electron chi connectivity index (χ4n) is 2.63. The van der Waals surface area contributed by atoms with Crippen molar-refractivity contribution in [2.24, 2.45) is 5.92 Å². The quantitative estimate of drug-likeness (QED) is 0.901. The van der Waals surface area contributed by atoms with Crippen LogP contribution < -0.4 is 0 Å². The highest BCUT2D eigenvalue weighted by atomic mass is 32.1. The van der Waals surface area contributed by atoms with Crippen molar-refractivity contribution in [3.05, 3.63) is 21.9 Å². The predicted octanol–water partition coefficient (Wildman–Crippen LogP) is 2.61. The van der Waals surface area contributed by atoms with Crippen LogP contribution in [0.2, 0.25) is 0 Å². The number of rotatable bonds is 5. The molecule has 1 saturated heterocycles. The van der Waals surface area contributed by atoms with E-state index in [2.05, 4.69) is 18.4 Å². The van der Waals surface area contributed by atoms with E-state index in [4.69, 9.17) is 0 Å². The maximum Gasteiger partial charge on any atom is 0.222 e. The van der Waals surface area contributed by atoms with Crippen molar-refractivity contribution >= 4 is 17.2 Å². The molecule has 1 aromatic rings. The van der Waals surface area contributed by atoms with Crippen molar-refractivity contribution in [3.63, 3.8) is 0 Å². The van der Waals surface area contributed by atoms with Crippen LogP contribution in [-0.4, -0.2) is 35.1 Å². The summed E-state index contributed by atoms with van der Waals surface area (Å²) in [5, 5.41) is 11.7. The molecule has 19 heavy (non-hydrogen) atoms. The zero-order valence-corrected chi connectivity index (χ0v) is 12.6. The van der Waals surface area contributed by atoms with Gasteiger partial charge in [0.15, 0.2) is 0 Å². The van der Waals surface area contributed by atoms with Gasteiger partial charge in [-0.2, -0.15) is 0 Å². The summed E-state index contributed by atoms with van der Waals surface area (Å²) >= 11 is 1.78. The Morgan fingerprint density at radius 1 is 1.63 bits per heavy atom. The SMILES string of the molecule is Cc1ccsc1CCCC(=O)N1CCC(C(C)O)C1. The average Bonchev–Trinajstić information content (AvgIpc) is 2.98. The molecule has 1 amide bonds. The third kappa shape index (κ3) is 3.80. The Morgan fingerprint density at radius 2 is 2.42 bits per heavy atom. The first-order valence-corrected chi connectivity index (χ1v) is 7.94. The van der Waals surface area contributed by atoms with Gasteiger partial charge in [0, 0.05) is 30.3 Å². The van der Waals surface area contributed by atoms with Crippen LogP contribution in [0.5, 0.6) is 0 Å². The summed E-state index contributed by atoms with van der Waals surface area (Å²) in [5.74, 6) is 0.515. The number of likely N-dealkylation sites (tertiary alicyclic amines) is 1. The third-order valence-corrected chi connectivity index (χ3v) is 5.11. The highest BCUT2D eigenvalue weighted by Gasteiger charge is 2.28. The van der Waals surface area contributed by atoms with Crippen molar-refractivity contribution < 1.29 is 9.90 Å². The van der Waals surface area contributed by atoms with Gasteiger partial charge in [-0.05, 0) is 50.1 Å². The molecule has 0 bridgehead atoms. The second-order valence-electron chi connectivity index (χ2n) is 5.51. The van der Waals surface area contributed by atoms with Crippen molar-refractivity contribution in [2.75, 3.05) is 13.1 Å². The Hall–Kier alpha value is -0.870. The van der Waals surface area contributed by atoms with E-state index in [0.717, 1.165) is 32.4 Å². The molecule has 1 N–H and O–H groups in total. The first-order valence-electron chi connectivity index (χ1n) is 7.06. The number of thiophene rings is 1. The van der Waals surface area contributed by atoms with E-state index >= 15 is 0 Å². The lowest BCUT2D eigenvalue weighted by Gasteiger charge is -2.17. The van der Waals surface area contributed by atoms with Crippen molar-refractivity contribution in [2.45, 2.75) is 45.6 Å². The summed E-state index contributed by atoms with van der Waals surface area (Å²) in [6.07, 6.45) is 3.20. The smallest absolute Gasteiger partial charge is 0.222 e. The Balaban J connectivity index is 1.72. The van der Waals surface area contributed by atoms with E-state index < -0.39 is 0 Å². The van der Waals surface area contributed by atoms with Crippen LogP contribution in [0, 0.1) is 12.8 Å². The first kappa shape index (κ1) is 14.5. The largest absolute Gasteiger partial charge is 0.393 e. The fourth-order valence-corrected chi connectivity index (χ4v) is 3.58. The topological polar surface area (TPSA) is 40.5 Å². The number of hydrogen-bond acceptors (Lipinski definition) is 3. The molecule has 2 unspecified atom stereocenters. The molecular weight excluding hydrogens is 258 g/mol. The Labute approximate surface area is 119 Å². The summed E-state index contributed by atoms with van der Waals surface area (Å²) in [7, 11) is 0. The van der Waals surface area contributed by atoms with Crippen LogP contribution in [-0.2, 0) is 11.2 Å². The van der Waals surface area contributed by atoms with E-state index in [9.17, 15) is 9.90 Å². The second kappa shape index (κ2) is 6.53. The summed E-state index contributed by atoms with van der Waals surface area (Å²) in [6, 6.07) is 2.13. The van der Waals surface area contributed by atoms with E-state index in [1.54, 1.807) is 11.3 Å². The average molecular weight is 281 g/mol. The minimum atomic E-state index is -0.299. The molecule has 3 nitrogen and oxygen atoms in total. The van der Waals surface area contributed by atoms with Crippen LogP contribution in [0.25, 0.3) is 0 Å². The predicted molar refractivity (Wildman–Crippen MR) is 78.4 cm³/mol. The summed E-state index contributed by atoms with van der Waals surface area (Å²) in [6.45, 7) is 5.49. The number of carbonyl (C=O) groups is 1. The van der Waals surface area contributed by atoms with Gasteiger partial charge in [-0.15, -0.1) is 11.3 Å². The number of nitrogens with zero attached hydrogens (tertiary/aromatic N) is 1. The number of hydrogen-bond donors (Lipinski definition) is 1. The molecule has 1 aliphatic heterocycles. The highest BCUT2D eigenvalue weighted by molar-refractivity contribution is 7.10. The van der Waals surface area contributed by atoms with Crippen molar-refractivity contribution in [1.82, 2.24) is 4.90 Å². The number of carbonyl (C=O) groups excluding carboxylic acids is 1. The second-order valence-corrected chi connectivity index (χ2v) is 6.51. The normalized spacial score (nSPS) is 20.8. The molecule has 4 heteroatoms. The minimum absolute atomic E-state index is 0.248. The molecule has 2 atom stereocenters. The maximum absolute atomic E-state index is 12.1. The van der Waals surface area contributed by atoms with E-state index in [1.165, 1.54) is 10.4 Å². The van der Waals surface area contributed by atoms with Gasteiger partial charge in [0.1, 0.15) is 0 Å². The Morgan fingerprint density at radius 3 is 3.00 bits per heavy atom. The lowest BCUT2D eigenvalue weighted by atomic mass is 10.0. The fraction of sp³-hybridized carbons (Fsp3) is 0.667. The van der Waals surface area contributed by atoms with Crippen LogP contribution >= 0.6 is 11.3 Å². The number of amides is 1. The summed E-state index contributed by atoms with van der Waals surface area (Å²) < 4.78 is 0. The lowest BCUT2D eigenvalue weighted by molar-refractivity contribution is -0.130. The molecule has 0 aromatic carbocycles. The molecule has 0 spiro atoms. The summed E-state index contributed by atoms with van der Waals surface area (Å²) in [4.78, 5) is 15.4. The van der Waals surface area contributed by atoms with Crippen LogP contribution in [0.15, 0.2) is 11.4 Å². The van der Waals surface area contributed by atoms with Crippen LogP contribution in [0.3, 0.4) is 0 Å². The third-order valence-electron chi connectivity index (χ3n) is 4.02. The van der Waals surface area contributed by atoms with E-state index in [-0.39, 0.29) is 17.9 Å².